The molecule has 0 aliphatic rings. The Kier molecular flexibility index (Phi) is 7.24. The monoisotopic (exact) mass is 435 g/mol. The molecule has 0 heterocycles. The lowest BCUT2D eigenvalue weighted by Crippen LogP contribution is -2.22. The number of hydrogen-bond donors (Lipinski definition) is 1. The highest BCUT2D eigenvalue weighted by atomic mass is 79.9. The van der Waals surface area contributed by atoms with E-state index in [1.54, 1.807) is 0 Å². The maximum atomic E-state index is 12.3. The molecule has 0 aromatic heterocycles. The van der Waals surface area contributed by atoms with Crippen molar-refractivity contribution in [2.24, 2.45) is 0 Å². The van der Waals surface area contributed by atoms with E-state index in [1.807, 2.05) is 32.0 Å². The Labute approximate surface area is 166 Å². The van der Waals surface area contributed by atoms with Crippen LogP contribution in [0.15, 0.2) is 34.8 Å². The summed E-state index contributed by atoms with van der Waals surface area (Å²) >= 11 is 3.34. The first-order chi connectivity index (χ1) is 12.9. The van der Waals surface area contributed by atoms with Crippen molar-refractivity contribution in [3.05, 3.63) is 51.5 Å². The van der Waals surface area contributed by atoms with E-state index in [0.29, 0.717) is 16.0 Å². The van der Waals surface area contributed by atoms with Gasteiger partial charge in [0.15, 0.2) is 6.61 Å². The number of ether oxygens (including phenoxy) is 3. The Hall–Kier alpha value is -2.54. The summed E-state index contributed by atoms with van der Waals surface area (Å²) in [7, 11) is 2.96. The van der Waals surface area contributed by atoms with Crippen LogP contribution in [0.25, 0.3) is 0 Å². The molecule has 2 aromatic carbocycles. The largest absolute Gasteiger partial charge is 0.495 e. The van der Waals surface area contributed by atoms with Gasteiger partial charge in [0.1, 0.15) is 16.0 Å². The standard InChI is InChI=1S/C20H22BrNO5/c1-5-13-8-6-7-12(2)19(13)22-17(23)11-27-20(24)14-9-15(25-3)18(21)16(10-14)26-4/h6-10H,5,11H2,1-4H3,(H,22,23). The van der Waals surface area contributed by atoms with Crippen LogP contribution >= 0.6 is 15.9 Å². The molecule has 0 bridgehead atoms. The van der Waals surface area contributed by atoms with Crippen molar-refractivity contribution in [3.8, 4) is 11.5 Å². The summed E-state index contributed by atoms with van der Waals surface area (Å²) in [4.78, 5) is 24.5. The molecule has 1 N–H and O–H groups in total. The van der Waals surface area contributed by atoms with Crippen LogP contribution in [0.1, 0.15) is 28.4 Å². The van der Waals surface area contributed by atoms with Crippen LogP contribution < -0.4 is 14.8 Å². The second kappa shape index (κ2) is 9.41. The molecule has 27 heavy (non-hydrogen) atoms. The number of halogens is 1. The maximum Gasteiger partial charge on any atom is 0.338 e. The van der Waals surface area contributed by atoms with Crippen LogP contribution in [0.5, 0.6) is 11.5 Å². The van der Waals surface area contributed by atoms with Gasteiger partial charge in [0.2, 0.25) is 0 Å². The zero-order chi connectivity index (χ0) is 20.0. The number of aryl methyl sites for hydroxylation is 2. The van der Waals surface area contributed by atoms with Gasteiger partial charge in [-0.3, -0.25) is 4.79 Å². The van der Waals surface area contributed by atoms with Gasteiger partial charge in [0, 0.05) is 5.69 Å². The van der Waals surface area contributed by atoms with E-state index in [9.17, 15) is 9.59 Å². The molecule has 0 radical (unpaired) electrons. The Morgan fingerprint density at radius 1 is 1.11 bits per heavy atom. The van der Waals surface area contributed by atoms with Gasteiger partial charge in [-0.05, 0) is 52.5 Å². The summed E-state index contributed by atoms with van der Waals surface area (Å²) in [6.07, 6.45) is 0.787. The third kappa shape index (κ3) is 5.01. The molecule has 0 atom stereocenters. The van der Waals surface area contributed by atoms with Crippen molar-refractivity contribution < 1.29 is 23.8 Å². The van der Waals surface area contributed by atoms with Crippen molar-refractivity contribution >= 4 is 33.5 Å². The summed E-state index contributed by atoms with van der Waals surface area (Å²) in [6.45, 7) is 3.54. The number of amides is 1. The topological polar surface area (TPSA) is 73.9 Å². The zero-order valence-electron chi connectivity index (χ0n) is 15.7. The van der Waals surface area contributed by atoms with E-state index in [1.165, 1.54) is 26.4 Å². The summed E-state index contributed by atoms with van der Waals surface area (Å²) in [6, 6.07) is 8.85. The fourth-order valence-corrected chi connectivity index (χ4v) is 3.13. The molecule has 0 fully saturated rings. The van der Waals surface area contributed by atoms with Crippen LogP contribution in [0, 0.1) is 6.92 Å². The quantitative estimate of drug-likeness (QED) is 0.661. The van der Waals surface area contributed by atoms with Gasteiger partial charge in [-0.25, -0.2) is 4.79 Å². The van der Waals surface area contributed by atoms with Crippen LogP contribution in [-0.2, 0) is 16.0 Å². The Balaban J connectivity index is 2.07. The molecule has 0 unspecified atom stereocenters. The van der Waals surface area contributed by atoms with E-state index in [-0.39, 0.29) is 5.56 Å². The van der Waals surface area contributed by atoms with E-state index in [2.05, 4.69) is 21.2 Å². The zero-order valence-corrected chi connectivity index (χ0v) is 17.3. The van der Waals surface area contributed by atoms with Gasteiger partial charge in [0.25, 0.3) is 5.91 Å². The molecule has 2 rings (SSSR count). The van der Waals surface area contributed by atoms with E-state index >= 15 is 0 Å². The number of benzene rings is 2. The van der Waals surface area contributed by atoms with Gasteiger partial charge >= 0.3 is 5.97 Å². The predicted octanol–water partition coefficient (Wildman–Crippen LogP) is 4.13. The summed E-state index contributed by atoms with van der Waals surface area (Å²) in [5, 5.41) is 2.82. The lowest BCUT2D eigenvalue weighted by Gasteiger charge is -2.14. The number of nitrogens with one attached hydrogen (secondary N) is 1. The average molecular weight is 436 g/mol. The second-order valence-corrected chi connectivity index (χ2v) is 6.57. The van der Waals surface area contributed by atoms with Crippen molar-refractivity contribution in [2.45, 2.75) is 20.3 Å². The molecular formula is C20H22BrNO5. The fraction of sp³-hybridized carbons (Fsp3) is 0.300. The molecule has 0 spiro atoms. The number of carbonyl (C=O) groups is 2. The molecule has 144 valence electrons. The number of anilines is 1. The highest BCUT2D eigenvalue weighted by Crippen LogP contribution is 2.35. The Morgan fingerprint density at radius 3 is 2.30 bits per heavy atom. The molecule has 0 saturated heterocycles. The molecule has 0 aliphatic carbocycles. The Bertz CT molecular complexity index is 825. The fourth-order valence-electron chi connectivity index (χ4n) is 2.58. The molecular weight excluding hydrogens is 414 g/mol. The van der Waals surface area contributed by atoms with Gasteiger partial charge in [-0.2, -0.15) is 0 Å². The van der Waals surface area contributed by atoms with Crippen LogP contribution in [0.2, 0.25) is 0 Å². The molecule has 0 aliphatic heterocycles. The van der Waals surface area contributed by atoms with Crippen LogP contribution in [-0.4, -0.2) is 32.7 Å². The molecule has 2 aromatic rings. The molecule has 0 saturated carbocycles. The van der Waals surface area contributed by atoms with Gasteiger partial charge in [-0.1, -0.05) is 25.1 Å². The minimum atomic E-state index is -0.644. The number of rotatable bonds is 7. The first kappa shape index (κ1) is 20.8. The van der Waals surface area contributed by atoms with Crippen molar-refractivity contribution in [1.29, 1.82) is 0 Å². The summed E-state index contributed by atoms with van der Waals surface area (Å²) in [5.74, 6) is -0.186. The number of esters is 1. The van der Waals surface area contributed by atoms with E-state index in [0.717, 1.165) is 23.2 Å². The van der Waals surface area contributed by atoms with E-state index in [4.69, 9.17) is 14.2 Å². The van der Waals surface area contributed by atoms with E-state index < -0.39 is 18.5 Å². The molecule has 1 amide bonds. The van der Waals surface area contributed by atoms with Crippen molar-refractivity contribution in [2.75, 3.05) is 26.1 Å². The molecule has 6 nitrogen and oxygen atoms in total. The normalized spacial score (nSPS) is 10.3. The maximum absolute atomic E-state index is 12.3. The first-order valence-electron chi connectivity index (χ1n) is 8.38. The minimum absolute atomic E-state index is 0.227. The molecule has 7 heteroatoms. The summed E-state index contributed by atoms with van der Waals surface area (Å²) < 4.78 is 16.1. The van der Waals surface area contributed by atoms with Gasteiger partial charge in [0.05, 0.1) is 19.8 Å². The van der Waals surface area contributed by atoms with Gasteiger partial charge < -0.3 is 19.5 Å². The predicted molar refractivity (Wildman–Crippen MR) is 107 cm³/mol. The average Bonchev–Trinajstić information content (AvgIpc) is 2.67. The number of hydrogen-bond acceptors (Lipinski definition) is 5. The van der Waals surface area contributed by atoms with Crippen LogP contribution in [0.3, 0.4) is 0 Å². The highest BCUT2D eigenvalue weighted by Gasteiger charge is 2.17. The first-order valence-corrected chi connectivity index (χ1v) is 9.17. The SMILES string of the molecule is CCc1cccc(C)c1NC(=O)COC(=O)c1cc(OC)c(Br)c(OC)c1. The van der Waals surface area contributed by atoms with Crippen molar-refractivity contribution in [1.82, 2.24) is 0 Å². The number of methoxy groups -OCH3 is 2. The Morgan fingerprint density at radius 2 is 1.74 bits per heavy atom. The number of carbonyl (C=O) groups excluding carboxylic acids is 2. The minimum Gasteiger partial charge on any atom is -0.495 e. The van der Waals surface area contributed by atoms with Crippen molar-refractivity contribution in [3.63, 3.8) is 0 Å². The second-order valence-electron chi connectivity index (χ2n) is 5.78. The smallest absolute Gasteiger partial charge is 0.338 e. The lowest BCUT2D eigenvalue weighted by molar-refractivity contribution is -0.119. The highest BCUT2D eigenvalue weighted by molar-refractivity contribution is 9.10. The third-order valence-electron chi connectivity index (χ3n) is 4.02. The van der Waals surface area contributed by atoms with Crippen LogP contribution in [0.4, 0.5) is 5.69 Å². The number of para-hydroxylation sites is 1. The lowest BCUT2D eigenvalue weighted by atomic mass is 10.1. The third-order valence-corrected chi connectivity index (χ3v) is 4.80. The van der Waals surface area contributed by atoms with Gasteiger partial charge in [-0.15, -0.1) is 0 Å². The summed E-state index contributed by atoms with van der Waals surface area (Å²) in [5.41, 5.74) is 2.96.